The van der Waals surface area contributed by atoms with Crippen molar-refractivity contribution in [3.05, 3.63) is 0 Å². The summed E-state index contributed by atoms with van der Waals surface area (Å²) in [6.07, 6.45) is 1.19. The van der Waals surface area contributed by atoms with Gasteiger partial charge in [-0.05, 0) is 25.4 Å². The van der Waals surface area contributed by atoms with Crippen LogP contribution in [0.1, 0.15) is 20.3 Å². The molecule has 3 nitrogen and oxygen atoms in total. The molecule has 0 spiro atoms. The molecule has 1 heterocycles. The molecule has 0 bridgehead atoms. The van der Waals surface area contributed by atoms with Gasteiger partial charge in [-0.1, -0.05) is 13.8 Å². The summed E-state index contributed by atoms with van der Waals surface area (Å²) in [6, 6.07) is 0. The van der Waals surface area contributed by atoms with Crippen LogP contribution in [0.5, 0.6) is 0 Å². The summed E-state index contributed by atoms with van der Waals surface area (Å²) >= 11 is 0. The van der Waals surface area contributed by atoms with Crippen molar-refractivity contribution in [1.82, 2.24) is 10.6 Å². The fraction of sp³-hybridized carbons (Fsp3) is 0.889. The third-order valence-electron chi connectivity index (χ3n) is 2.25. The largest absolute Gasteiger partial charge is 0.356 e. The van der Waals surface area contributed by atoms with Crippen molar-refractivity contribution in [1.29, 1.82) is 0 Å². The van der Waals surface area contributed by atoms with Gasteiger partial charge in [-0.2, -0.15) is 0 Å². The molecule has 1 rings (SSSR count). The molecule has 2 N–H and O–H groups in total. The maximum Gasteiger partial charge on any atom is 0.222 e. The maximum atomic E-state index is 11.2. The molecule has 0 aromatic carbocycles. The highest BCUT2D eigenvalue weighted by atomic mass is 35.5. The lowest BCUT2D eigenvalue weighted by Gasteiger charge is -2.11. The Balaban J connectivity index is 0.00000144. The standard InChI is InChI=1S/C9H18N2O.ClH/c1-7(2)9(12)11-6-8-3-4-10-5-8;/h7-8,10H,3-6H2,1-2H3,(H,11,12);1H/t8-;/m0./s1. The number of amides is 1. The first-order valence-corrected chi connectivity index (χ1v) is 4.68. The SMILES string of the molecule is CC(C)C(=O)NC[C@H]1CCNC1.Cl. The van der Waals surface area contributed by atoms with Gasteiger partial charge >= 0.3 is 0 Å². The van der Waals surface area contributed by atoms with Gasteiger partial charge in [0.05, 0.1) is 0 Å². The van der Waals surface area contributed by atoms with Crippen LogP contribution in [0.2, 0.25) is 0 Å². The molecule has 1 amide bonds. The Morgan fingerprint density at radius 3 is 2.77 bits per heavy atom. The van der Waals surface area contributed by atoms with Gasteiger partial charge in [0, 0.05) is 12.5 Å². The van der Waals surface area contributed by atoms with Crippen LogP contribution >= 0.6 is 12.4 Å². The van der Waals surface area contributed by atoms with Crippen molar-refractivity contribution in [3.63, 3.8) is 0 Å². The first-order valence-electron chi connectivity index (χ1n) is 4.68. The minimum Gasteiger partial charge on any atom is -0.356 e. The highest BCUT2D eigenvalue weighted by molar-refractivity contribution is 5.85. The molecule has 4 heteroatoms. The van der Waals surface area contributed by atoms with Crippen molar-refractivity contribution in [2.75, 3.05) is 19.6 Å². The Hall–Kier alpha value is -0.280. The fourth-order valence-corrected chi connectivity index (χ4v) is 1.34. The summed E-state index contributed by atoms with van der Waals surface area (Å²) in [7, 11) is 0. The van der Waals surface area contributed by atoms with Crippen LogP contribution < -0.4 is 10.6 Å². The molecular weight excluding hydrogens is 188 g/mol. The Bertz CT molecular complexity index is 156. The number of nitrogens with one attached hydrogen (secondary N) is 2. The van der Waals surface area contributed by atoms with E-state index in [1.807, 2.05) is 13.8 Å². The third kappa shape index (κ3) is 4.48. The molecule has 0 aliphatic carbocycles. The molecule has 78 valence electrons. The van der Waals surface area contributed by atoms with E-state index in [9.17, 15) is 4.79 Å². The lowest BCUT2D eigenvalue weighted by atomic mass is 10.1. The Morgan fingerprint density at radius 2 is 2.31 bits per heavy atom. The zero-order valence-corrected chi connectivity index (χ0v) is 9.12. The summed E-state index contributed by atoms with van der Waals surface area (Å²) in [5, 5.41) is 6.22. The van der Waals surface area contributed by atoms with Crippen LogP contribution in [0.15, 0.2) is 0 Å². The molecule has 0 saturated carbocycles. The summed E-state index contributed by atoms with van der Waals surface area (Å²) in [5.74, 6) is 0.925. The summed E-state index contributed by atoms with van der Waals surface area (Å²) in [6.45, 7) is 6.83. The smallest absolute Gasteiger partial charge is 0.222 e. The van der Waals surface area contributed by atoms with Crippen molar-refractivity contribution in [2.45, 2.75) is 20.3 Å². The second kappa shape index (κ2) is 6.22. The van der Waals surface area contributed by atoms with Crippen molar-refractivity contribution < 1.29 is 4.79 Å². The molecular formula is C9H19ClN2O. The van der Waals surface area contributed by atoms with E-state index in [2.05, 4.69) is 10.6 Å². The summed E-state index contributed by atoms with van der Waals surface area (Å²) < 4.78 is 0. The molecule has 0 radical (unpaired) electrons. The number of carbonyl (C=O) groups excluding carboxylic acids is 1. The quantitative estimate of drug-likeness (QED) is 0.717. The Kier molecular flexibility index (Phi) is 6.08. The lowest BCUT2D eigenvalue weighted by Crippen LogP contribution is -2.33. The number of halogens is 1. The van der Waals surface area contributed by atoms with E-state index in [1.165, 1.54) is 6.42 Å². The molecule has 1 saturated heterocycles. The fourth-order valence-electron chi connectivity index (χ4n) is 1.34. The van der Waals surface area contributed by atoms with E-state index < -0.39 is 0 Å². The zero-order valence-electron chi connectivity index (χ0n) is 8.30. The van der Waals surface area contributed by atoms with E-state index in [0.29, 0.717) is 5.92 Å². The summed E-state index contributed by atoms with van der Waals surface area (Å²) in [5.41, 5.74) is 0. The third-order valence-corrected chi connectivity index (χ3v) is 2.25. The van der Waals surface area contributed by atoms with Crippen molar-refractivity contribution in [3.8, 4) is 0 Å². The molecule has 1 aliphatic heterocycles. The van der Waals surface area contributed by atoms with E-state index in [4.69, 9.17) is 0 Å². The monoisotopic (exact) mass is 206 g/mol. The predicted molar refractivity (Wildman–Crippen MR) is 56.1 cm³/mol. The van der Waals surface area contributed by atoms with Gasteiger partial charge in [-0.25, -0.2) is 0 Å². The van der Waals surface area contributed by atoms with Gasteiger partial charge in [0.1, 0.15) is 0 Å². The Morgan fingerprint density at radius 1 is 1.62 bits per heavy atom. The summed E-state index contributed by atoms with van der Waals surface area (Å²) in [4.78, 5) is 11.2. The topological polar surface area (TPSA) is 41.1 Å². The van der Waals surface area contributed by atoms with Crippen LogP contribution in [0.3, 0.4) is 0 Å². The highest BCUT2D eigenvalue weighted by Crippen LogP contribution is 2.05. The molecule has 1 fully saturated rings. The van der Waals surface area contributed by atoms with Gasteiger partial charge < -0.3 is 10.6 Å². The molecule has 1 aliphatic rings. The molecule has 0 unspecified atom stereocenters. The molecule has 0 aromatic rings. The predicted octanol–water partition coefficient (Wildman–Crippen LogP) is 0.790. The second-order valence-corrected chi connectivity index (χ2v) is 3.76. The number of hydrogen-bond donors (Lipinski definition) is 2. The first-order chi connectivity index (χ1) is 5.70. The van der Waals surface area contributed by atoms with Crippen LogP contribution in [0.25, 0.3) is 0 Å². The van der Waals surface area contributed by atoms with Gasteiger partial charge in [0.25, 0.3) is 0 Å². The number of rotatable bonds is 3. The van der Waals surface area contributed by atoms with Crippen LogP contribution in [0.4, 0.5) is 0 Å². The lowest BCUT2D eigenvalue weighted by molar-refractivity contribution is -0.124. The van der Waals surface area contributed by atoms with Crippen LogP contribution in [-0.4, -0.2) is 25.5 Å². The molecule has 0 aromatic heterocycles. The Labute approximate surface area is 86.1 Å². The van der Waals surface area contributed by atoms with Gasteiger partial charge in [0.15, 0.2) is 0 Å². The zero-order chi connectivity index (χ0) is 8.97. The van der Waals surface area contributed by atoms with Crippen molar-refractivity contribution in [2.24, 2.45) is 11.8 Å². The average molecular weight is 207 g/mol. The van der Waals surface area contributed by atoms with Crippen molar-refractivity contribution >= 4 is 18.3 Å². The van der Waals surface area contributed by atoms with E-state index in [0.717, 1.165) is 19.6 Å². The van der Waals surface area contributed by atoms with Gasteiger partial charge in [-0.15, -0.1) is 12.4 Å². The van der Waals surface area contributed by atoms with Crippen LogP contribution in [0, 0.1) is 11.8 Å². The number of carbonyl (C=O) groups is 1. The van der Waals surface area contributed by atoms with Gasteiger partial charge in [-0.3, -0.25) is 4.79 Å². The molecule has 13 heavy (non-hydrogen) atoms. The average Bonchev–Trinajstić information content (AvgIpc) is 2.51. The van der Waals surface area contributed by atoms with E-state index in [-0.39, 0.29) is 24.2 Å². The van der Waals surface area contributed by atoms with Crippen LogP contribution in [-0.2, 0) is 4.79 Å². The molecule has 1 atom stereocenters. The first kappa shape index (κ1) is 12.7. The second-order valence-electron chi connectivity index (χ2n) is 3.76. The minimum atomic E-state index is 0. The van der Waals surface area contributed by atoms with E-state index >= 15 is 0 Å². The highest BCUT2D eigenvalue weighted by Gasteiger charge is 2.15. The maximum absolute atomic E-state index is 11.2. The number of hydrogen-bond acceptors (Lipinski definition) is 2. The normalized spacial score (nSPS) is 21.3. The van der Waals surface area contributed by atoms with Gasteiger partial charge in [0.2, 0.25) is 5.91 Å². The minimum absolute atomic E-state index is 0. The van der Waals surface area contributed by atoms with E-state index in [1.54, 1.807) is 0 Å².